The summed E-state index contributed by atoms with van der Waals surface area (Å²) in [4.78, 5) is 48.7. The summed E-state index contributed by atoms with van der Waals surface area (Å²) < 4.78 is 39.7. The number of carbonyl (C=O) groups excluding carboxylic acids is 3. The van der Waals surface area contributed by atoms with E-state index in [2.05, 4.69) is 69.4 Å². The second kappa shape index (κ2) is 60.5. The summed E-state index contributed by atoms with van der Waals surface area (Å²) in [7, 11) is -4.76. The first-order valence-electron chi connectivity index (χ1n) is 32.5. The highest BCUT2D eigenvalue weighted by Gasteiger charge is 2.28. The van der Waals surface area contributed by atoms with E-state index in [0.29, 0.717) is 19.3 Å². The third-order valence-electron chi connectivity index (χ3n) is 14.2. The first kappa shape index (κ1) is 75.4. The number of rotatable bonds is 61. The molecule has 0 fully saturated rings. The summed E-state index contributed by atoms with van der Waals surface area (Å²) in [6.07, 6.45) is 66.3. The van der Waals surface area contributed by atoms with Crippen molar-refractivity contribution in [2.75, 3.05) is 26.4 Å². The zero-order valence-electron chi connectivity index (χ0n) is 50.6. The monoisotopic (exact) mass is 1120 g/mol. The van der Waals surface area contributed by atoms with Gasteiger partial charge in [0.2, 0.25) is 0 Å². The Morgan fingerprint density at radius 2 is 0.628 bits per heavy atom. The van der Waals surface area contributed by atoms with Crippen molar-refractivity contribution in [3.8, 4) is 0 Å². The molecule has 0 saturated heterocycles. The molecule has 12 heteroatoms. The van der Waals surface area contributed by atoms with Crippen LogP contribution < -0.4 is 0 Å². The van der Waals surface area contributed by atoms with Crippen LogP contribution in [0.1, 0.15) is 316 Å². The Hall–Kier alpha value is -2.56. The molecule has 0 radical (unpaired) electrons. The van der Waals surface area contributed by atoms with Crippen LogP contribution in [0.4, 0.5) is 0 Å². The molecule has 0 aliphatic carbocycles. The molecule has 0 rings (SSSR count). The number of aliphatic hydroxyl groups is 1. The standard InChI is InChI=1S/C66H121O11P/c1-4-7-10-13-16-19-22-25-28-30-31-33-36-39-42-45-48-51-54-57-66(70)77-63(59-73-64(68)55-52-49-46-43-40-37-35-32-29-26-23-20-17-14-11-8-5-2)61-75-78(71,72)74-60-62(58-67)76-65(69)56-53-50-47-44-41-38-34-27-24-21-18-15-12-9-6-3/h16,19,25,27-28,31,33-34,62-63,67H,4-15,17-18,20-24,26,29-30,32,35-61H2,1-3H3,(H,71,72)/b19-16-,28-25-,33-31-,34-27-. The van der Waals surface area contributed by atoms with E-state index in [0.717, 1.165) is 109 Å². The van der Waals surface area contributed by atoms with Crippen LogP contribution in [0.25, 0.3) is 0 Å². The van der Waals surface area contributed by atoms with Gasteiger partial charge < -0.3 is 24.2 Å². The van der Waals surface area contributed by atoms with Crippen LogP contribution >= 0.6 is 7.82 Å². The normalized spacial score (nSPS) is 13.6. The lowest BCUT2D eigenvalue weighted by Crippen LogP contribution is -2.30. The molecule has 0 amide bonds. The Balaban J connectivity index is 4.71. The Kier molecular flexibility index (Phi) is 58.5. The van der Waals surface area contributed by atoms with Gasteiger partial charge in [-0.3, -0.25) is 23.4 Å². The van der Waals surface area contributed by atoms with E-state index in [-0.39, 0.29) is 25.9 Å². The van der Waals surface area contributed by atoms with Gasteiger partial charge in [-0.2, -0.15) is 0 Å². The number of phosphoric ester groups is 1. The topological polar surface area (TPSA) is 155 Å². The minimum Gasteiger partial charge on any atom is -0.462 e. The van der Waals surface area contributed by atoms with Crippen LogP contribution in [-0.2, 0) is 42.2 Å². The third kappa shape index (κ3) is 58.1. The van der Waals surface area contributed by atoms with Gasteiger partial charge in [0, 0.05) is 19.3 Å². The molecule has 0 saturated carbocycles. The highest BCUT2D eigenvalue weighted by Crippen LogP contribution is 2.43. The maximum Gasteiger partial charge on any atom is 0.472 e. The summed E-state index contributed by atoms with van der Waals surface area (Å²) in [5, 5.41) is 9.85. The van der Waals surface area contributed by atoms with Crippen LogP contribution in [0, 0.1) is 0 Å². The number of esters is 3. The molecule has 0 aromatic heterocycles. The summed E-state index contributed by atoms with van der Waals surface area (Å²) >= 11 is 0. The van der Waals surface area contributed by atoms with Gasteiger partial charge in [-0.25, -0.2) is 4.57 Å². The van der Waals surface area contributed by atoms with E-state index in [4.69, 9.17) is 23.3 Å². The predicted octanol–water partition coefficient (Wildman–Crippen LogP) is 19.7. The summed E-state index contributed by atoms with van der Waals surface area (Å²) in [5.74, 6) is -1.47. The van der Waals surface area contributed by atoms with Crippen LogP contribution in [0.5, 0.6) is 0 Å². The lowest BCUT2D eigenvalue weighted by molar-refractivity contribution is -0.161. The third-order valence-corrected chi connectivity index (χ3v) is 15.2. The molecule has 0 aromatic rings. The predicted molar refractivity (Wildman–Crippen MR) is 325 cm³/mol. The molecule has 3 unspecified atom stereocenters. The number of phosphoric acid groups is 1. The number of hydrogen-bond donors (Lipinski definition) is 2. The minimum atomic E-state index is -4.76. The van der Waals surface area contributed by atoms with Gasteiger partial charge in [0.15, 0.2) is 6.10 Å². The molecule has 0 aliphatic heterocycles. The lowest BCUT2D eigenvalue weighted by atomic mass is 10.0. The van der Waals surface area contributed by atoms with Crippen LogP contribution in [0.15, 0.2) is 48.6 Å². The van der Waals surface area contributed by atoms with Gasteiger partial charge >= 0.3 is 25.7 Å². The van der Waals surface area contributed by atoms with Crippen molar-refractivity contribution in [1.29, 1.82) is 0 Å². The summed E-state index contributed by atoms with van der Waals surface area (Å²) in [6, 6.07) is 0. The molecule has 0 aliphatic rings. The molecule has 0 aromatic carbocycles. The molecule has 0 heterocycles. The fraction of sp³-hybridized carbons (Fsp3) is 0.833. The molecule has 3 atom stereocenters. The number of ether oxygens (including phenoxy) is 3. The van der Waals surface area contributed by atoms with Gasteiger partial charge in [0.1, 0.15) is 12.7 Å². The number of hydrogen-bond acceptors (Lipinski definition) is 10. The second-order valence-corrected chi connectivity index (χ2v) is 23.4. The van der Waals surface area contributed by atoms with E-state index < -0.39 is 57.8 Å². The zero-order valence-corrected chi connectivity index (χ0v) is 51.5. The van der Waals surface area contributed by atoms with Crippen LogP contribution in [-0.4, -0.2) is 66.5 Å². The maximum absolute atomic E-state index is 13.0. The van der Waals surface area contributed by atoms with E-state index >= 15 is 0 Å². The Bertz CT molecular complexity index is 1490. The van der Waals surface area contributed by atoms with Crippen molar-refractivity contribution in [3.63, 3.8) is 0 Å². The van der Waals surface area contributed by atoms with Gasteiger partial charge in [-0.15, -0.1) is 0 Å². The average Bonchev–Trinajstić information content (AvgIpc) is 3.43. The Labute approximate surface area is 479 Å². The van der Waals surface area contributed by atoms with E-state index in [1.807, 2.05) is 0 Å². The van der Waals surface area contributed by atoms with Gasteiger partial charge in [-0.05, 0) is 83.5 Å². The van der Waals surface area contributed by atoms with Gasteiger partial charge in [-0.1, -0.05) is 262 Å². The molecule has 0 spiro atoms. The van der Waals surface area contributed by atoms with Crippen molar-refractivity contribution in [2.45, 2.75) is 328 Å². The molecular formula is C66H121O11P. The highest BCUT2D eigenvalue weighted by molar-refractivity contribution is 7.47. The largest absolute Gasteiger partial charge is 0.472 e. The van der Waals surface area contributed by atoms with Crippen molar-refractivity contribution in [3.05, 3.63) is 48.6 Å². The SMILES string of the molecule is CCCCC/C=C\C/C=C\C/C=C\CCCCCCCCC(=O)OC(COC(=O)CCCCCCCCCCCCCCCCCCC)COP(=O)(O)OCC(CO)OC(=O)CCCCCCC/C=C\CCCCCCCC. The second-order valence-electron chi connectivity index (χ2n) is 21.9. The molecule has 0 bridgehead atoms. The maximum atomic E-state index is 13.0. The van der Waals surface area contributed by atoms with E-state index in [1.54, 1.807) is 0 Å². The number of carbonyl (C=O) groups is 3. The summed E-state index contributed by atoms with van der Waals surface area (Å²) in [6.45, 7) is 4.65. The molecular weight excluding hydrogens is 1000 g/mol. The van der Waals surface area contributed by atoms with Crippen molar-refractivity contribution < 1.29 is 52.2 Å². The highest BCUT2D eigenvalue weighted by atomic mass is 31.2. The summed E-state index contributed by atoms with van der Waals surface area (Å²) in [5.41, 5.74) is 0. The molecule has 456 valence electrons. The number of aliphatic hydroxyl groups excluding tert-OH is 1. The molecule has 78 heavy (non-hydrogen) atoms. The van der Waals surface area contributed by atoms with Crippen LogP contribution in [0.3, 0.4) is 0 Å². The minimum absolute atomic E-state index is 0.155. The van der Waals surface area contributed by atoms with Crippen molar-refractivity contribution in [2.24, 2.45) is 0 Å². The first-order chi connectivity index (χ1) is 38.2. The fourth-order valence-electron chi connectivity index (χ4n) is 9.24. The van der Waals surface area contributed by atoms with Crippen molar-refractivity contribution in [1.82, 2.24) is 0 Å². The lowest BCUT2D eigenvalue weighted by Gasteiger charge is -2.21. The van der Waals surface area contributed by atoms with E-state index in [9.17, 15) is 28.9 Å². The molecule has 2 N–H and O–H groups in total. The van der Waals surface area contributed by atoms with Crippen LogP contribution in [0.2, 0.25) is 0 Å². The van der Waals surface area contributed by atoms with Gasteiger partial charge in [0.25, 0.3) is 0 Å². The van der Waals surface area contributed by atoms with Gasteiger partial charge in [0.05, 0.1) is 19.8 Å². The quantitative estimate of drug-likeness (QED) is 0.0197. The zero-order chi connectivity index (χ0) is 56.9. The smallest absolute Gasteiger partial charge is 0.462 e. The average molecular weight is 1120 g/mol. The first-order valence-corrected chi connectivity index (χ1v) is 34.0. The fourth-order valence-corrected chi connectivity index (χ4v) is 10.0. The Morgan fingerprint density at radius 1 is 0.359 bits per heavy atom. The van der Waals surface area contributed by atoms with Crippen molar-refractivity contribution >= 4 is 25.7 Å². The molecule has 11 nitrogen and oxygen atoms in total. The number of allylic oxidation sites excluding steroid dienone is 8. The van der Waals surface area contributed by atoms with E-state index in [1.165, 1.54) is 148 Å². The Morgan fingerprint density at radius 3 is 1.00 bits per heavy atom. The number of unbranched alkanes of at least 4 members (excludes halogenated alkanes) is 36.